The number of piperidine rings is 1. The van der Waals surface area contributed by atoms with Gasteiger partial charge < -0.3 is 15.5 Å². The molecule has 6 nitrogen and oxygen atoms in total. The maximum absolute atomic E-state index is 4.98. The summed E-state index contributed by atoms with van der Waals surface area (Å²) >= 11 is 1.98. The lowest BCUT2D eigenvalue weighted by Crippen LogP contribution is -2.51. The molecule has 2 aliphatic rings. The summed E-state index contributed by atoms with van der Waals surface area (Å²) in [5, 5.41) is 11.5. The number of aliphatic imine (C=N–C) groups is 1. The number of guanidine groups is 1. The lowest BCUT2D eigenvalue weighted by molar-refractivity contribution is 0.468. The highest BCUT2D eigenvalue weighted by Gasteiger charge is 2.43. The topological polar surface area (TPSA) is 57.5 Å². The fourth-order valence-electron chi connectivity index (χ4n) is 3.81. The van der Waals surface area contributed by atoms with Gasteiger partial charge in [-0.05, 0) is 44.7 Å². The molecular weight excluding hydrogens is 380 g/mol. The molecule has 1 atom stereocenters. The van der Waals surface area contributed by atoms with Gasteiger partial charge in [-0.3, -0.25) is 9.67 Å². The Kier molecular flexibility index (Phi) is 6.33. The van der Waals surface area contributed by atoms with Crippen LogP contribution in [0, 0.1) is 0 Å². The first-order chi connectivity index (χ1) is 14.2. The predicted octanol–water partition coefficient (Wildman–Crippen LogP) is 3.27. The van der Waals surface area contributed by atoms with E-state index in [0.29, 0.717) is 6.04 Å². The molecule has 0 spiro atoms. The number of benzene rings is 1. The van der Waals surface area contributed by atoms with E-state index in [0.717, 1.165) is 32.1 Å². The van der Waals surface area contributed by atoms with E-state index in [1.54, 1.807) is 0 Å². The number of anilines is 1. The number of aromatic nitrogens is 2. The zero-order valence-electron chi connectivity index (χ0n) is 17.5. The number of nitrogens with one attached hydrogen (secondary N) is 2. The van der Waals surface area contributed by atoms with Gasteiger partial charge >= 0.3 is 0 Å². The van der Waals surface area contributed by atoms with E-state index in [9.17, 15) is 0 Å². The summed E-state index contributed by atoms with van der Waals surface area (Å²) in [6.45, 7) is 5.95. The lowest BCUT2D eigenvalue weighted by atomic mass is 10.1. The molecule has 2 fully saturated rings. The molecule has 1 aromatic heterocycles. The van der Waals surface area contributed by atoms with Crippen LogP contribution in [0.2, 0.25) is 0 Å². The summed E-state index contributed by atoms with van der Waals surface area (Å²) < 4.78 is 2.15. The van der Waals surface area contributed by atoms with Crippen molar-refractivity contribution >= 4 is 23.4 Å². The van der Waals surface area contributed by atoms with Crippen molar-refractivity contribution in [2.24, 2.45) is 12.0 Å². The van der Waals surface area contributed by atoms with Crippen LogP contribution in [0.15, 0.2) is 52.6 Å². The molecule has 2 N–H and O–H groups in total. The Bertz CT molecular complexity index is 814. The fourth-order valence-corrected chi connectivity index (χ4v) is 5.04. The standard InChI is InChI=1S/C22H32N6S/c1-3-23-21(24-17-22(11-12-22)29-20-9-5-4-6-10-20)26-18-8-7-13-28(15-18)19-14-25-27(2)16-19/h4-6,9-10,14,16,18H,3,7-8,11-13,15,17H2,1-2H3,(H2,23,24,26). The van der Waals surface area contributed by atoms with Crippen LogP contribution in [0.4, 0.5) is 5.69 Å². The van der Waals surface area contributed by atoms with E-state index < -0.39 is 0 Å². The van der Waals surface area contributed by atoms with Crippen LogP contribution in [0.25, 0.3) is 0 Å². The van der Waals surface area contributed by atoms with E-state index >= 15 is 0 Å². The first-order valence-corrected chi connectivity index (χ1v) is 11.5. The van der Waals surface area contributed by atoms with Gasteiger partial charge in [0.1, 0.15) is 0 Å². The van der Waals surface area contributed by atoms with Crippen LogP contribution in [0.3, 0.4) is 0 Å². The lowest BCUT2D eigenvalue weighted by Gasteiger charge is -2.34. The van der Waals surface area contributed by atoms with Crippen LogP contribution >= 0.6 is 11.8 Å². The normalized spacial score (nSPS) is 21.1. The molecule has 0 radical (unpaired) electrons. The Labute approximate surface area is 178 Å². The molecule has 1 aromatic carbocycles. The van der Waals surface area contributed by atoms with Crippen molar-refractivity contribution in [1.29, 1.82) is 0 Å². The Morgan fingerprint density at radius 2 is 2.14 bits per heavy atom. The smallest absolute Gasteiger partial charge is 0.191 e. The molecule has 2 heterocycles. The van der Waals surface area contributed by atoms with Crippen molar-refractivity contribution in [3.63, 3.8) is 0 Å². The van der Waals surface area contributed by atoms with Crippen molar-refractivity contribution in [2.45, 2.75) is 48.3 Å². The summed E-state index contributed by atoms with van der Waals surface area (Å²) in [5.41, 5.74) is 1.21. The maximum atomic E-state index is 4.98. The highest BCUT2D eigenvalue weighted by molar-refractivity contribution is 8.01. The van der Waals surface area contributed by atoms with E-state index in [2.05, 4.69) is 64.1 Å². The third-order valence-corrected chi connectivity index (χ3v) is 7.05. The van der Waals surface area contributed by atoms with Crippen LogP contribution in [-0.4, -0.2) is 52.7 Å². The quantitative estimate of drug-likeness (QED) is 0.540. The van der Waals surface area contributed by atoms with Crippen LogP contribution in [0.5, 0.6) is 0 Å². The molecule has 0 bridgehead atoms. The van der Waals surface area contributed by atoms with E-state index in [1.807, 2.05) is 29.7 Å². The molecule has 1 saturated heterocycles. The summed E-state index contributed by atoms with van der Waals surface area (Å²) in [7, 11) is 1.97. The number of hydrogen-bond donors (Lipinski definition) is 2. The van der Waals surface area contributed by atoms with Gasteiger partial charge in [-0.2, -0.15) is 5.10 Å². The minimum absolute atomic E-state index is 0.276. The van der Waals surface area contributed by atoms with Gasteiger partial charge in [-0.1, -0.05) is 18.2 Å². The SMILES string of the molecule is CCNC(=NCC1(Sc2ccccc2)CC1)NC1CCCN(c2cnn(C)c2)C1. The zero-order valence-corrected chi connectivity index (χ0v) is 18.3. The monoisotopic (exact) mass is 412 g/mol. The number of thioether (sulfide) groups is 1. The number of rotatable bonds is 7. The molecule has 2 aromatic rings. The van der Waals surface area contributed by atoms with Crippen molar-refractivity contribution in [3.8, 4) is 0 Å². The van der Waals surface area contributed by atoms with Crippen LogP contribution in [-0.2, 0) is 7.05 Å². The van der Waals surface area contributed by atoms with E-state index in [4.69, 9.17) is 4.99 Å². The first kappa shape index (κ1) is 20.1. The molecule has 0 amide bonds. The van der Waals surface area contributed by atoms with E-state index in [-0.39, 0.29) is 4.75 Å². The van der Waals surface area contributed by atoms with Gasteiger partial charge in [-0.15, -0.1) is 11.8 Å². The predicted molar refractivity (Wildman–Crippen MR) is 122 cm³/mol. The van der Waals surface area contributed by atoms with Gasteiger partial charge in [0.2, 0.25) is 0 Å². The fraction of sp³-hybridized carbons (Fsp3) is 0.545. The third-order valence-electron chi connectivity index (χ3n) is 5.57. The minimum Gasteiger partial charge on any atom is -0.367 e. The molecule has 29 heavy (non-hydrogen) atoms. The first-order valence-electron chi connectivity index (χ1n) is 10.7. The number of nitrogens with zero attached hydrogens (tertiary/aromatic N) is 4. The average molecular weight is 413 g/mol. The molecule has 1 saturated carbocycles. The maximum Gasteiger partial charge on any atom is 0.191 e. The molecular formula is C22H32N6S. The summed E-state index contributed by atoms with van der Waals surface area (Å²) in [4.78, 5) is 8.75. The highest BCUT2D eigenvalue weighted by atomic mass is 32.2. The minimum atomic E-state index is 0.276. The van der Waals surface area contributed by atoms with Gasteiger partial charge in [-0.25, -0.2) is 0 Å². The summed E-state index contributed by atoms with van der Waals surface area (Å²) in [5.74, 6) is 0.950. The van der Waals surface area contributed by atoms with Gasteiger partial charge in [0.25, 0.3) is 0 Å². The second kappa shape index (κ2) is 9.11. The zero-order chi connectivity index (χ0) is 20.1. The van der Waals surface area contributed by atoms with Crippen molar-refractivity contribution in [1.82, 2.24) is 20.4 Å². The van der Waals surface area contributed by atoms with Gasteiger partial charge in [0.15, 0.2) is 5.96 Å². The molecule has 1 unspecified atom stereocenters. The van der Waals surface area contributed by atoms with Crippen molar-refractivity contribution < 1.29 is 0 Å². The van der Waals surface area contributed by atoms with Crippen molar-refractivity contribution in [3.05, 3.63) is 42.7 Å². The van der Waals surface area contributed by atoms with E-state index in [1.165, 1.54) is 36.3 Å². The summed E-state index contributed by atoms with van der Waals surface area (Å²) in [6, 6.07) is 11.1. The molecule has 1 aliphatic heterocycles. The Morgan fingerprint density at radius 3 is 2.83 bits per heavy atom. The highest BCUT2D eigenvalue weighted by Crippen LogP contribution is 2.51. The molecule has 7 heteroatoms. The third kappa shape index (κ3) is 5.47. The van der Waals surface area contributed by atoms with Gasteiger partial charge in [0.05, 0.1) is 18.4 Å². The molecule has 4 rings (SSSR count). The van der Waals surface area contributed by atoms with Crippen molar-refractivity contribution in [2.75, 3.05) is 31.1 Å². The second-order valence-electron chi connectivity index (χ2n) is 8.10. The number of aryl methyl sites for hydroxylation is 1. The Hall–Kier alpha value is -2.15. The second-order valence-corrected chi connectivity index (χ2v) is 9.64. The van der Waals surface area contributed by atoms with Crippen LogP contribution < -0.4 is 15.5 Å². The average Bonchev–Trinajstić information content (AvgIpc) is 3.36. The number of hydrogen-bond acceptors (Lipinski definition) is 4. The molecule has 156 valence electrons. The molecule has 1 aliphatic carbocycles. The Balaban J connectivity index is 1.36. The summed E-state index contributed by atoms with van der Waals surface area (Å²) in [6.07, 6.45) is 8.89. The largest absolute Gasteiger partial charge is 0.367 e. The van der Waals surface area contributed by atoms with Crippen LogP contribution in [0.1, 0.15) is 32.6 Å². The Morgan fingerprint density at radius 1 is 1.31 bits per heavy atom. The van der Waals surface area contributed by atoms with Gasteiger partial charge in [0, 0.05) is 48.6 Å².